The van der Waals surface area contributed by atoms with Crippen LogP contribution in [0.1, 0.15) is 5.69 Å². The Balaban J connectivity index is 1.30. The Kier molecular flexibility index (Phi) is 4.27. The van der Waals surface area contributed by atoms with Gasteiger partial charge < -0.3 is 14.5 Å². The summed E-state index contributed by atoms with van der Waals surface area (Å²) in [5.41, 5.74) is 6.79. The van der Waals surface area contributed by atoms with Crippen molar-refractivity contribution in [2.45, 2.75) is 6.92 Å². The monoisotopic (exact) mass is 456 g/mol. The summed E-state index contributed by atoms with van der Waals surface area (Å²) in [6.07, 6.45) is 1.93. The Hall–Kier alpha value is -4.51. The molecule has 0 N–H and O–H groups in total. The van der Waals surface area contributed by atoms with E-state index in [2.05, 4.69) is 107 Å². The van der Waals surface area contributed by atoms with Gasteiger partial charge in [0.1, 0.15) is 17.1 Å². The number of hydrogen-bond donors (Lipinski definition) is 0. The van der Waals surface area contributed by atoms with Gasteiger partial charge in [0.05, 0.1) is 23.6 Å². The number of rotatable bonds is 3. The zero-order valence-electron chi connectivity index (χ0n) is 19.6. The first-order valence-electron chi connectivity index (χ1n) is 11.8. The van der Waals surface area contributed by atoms with Crippen LogP contribution in [0.25, 0.3) is 27.3 Å². The lowest BCUT2D eigenvalue weighted by Gasteiger charge is -2.20. The minimum absolute atomic E-state index is 0.798. The molecular weight excluding hydrogens is 432 g/mol. The molecular formula is C30H24N4O. The van der Waals surface area contributed by atoms with Gasteiger partial charge in [-0.1, -0.05) is 36.4 Å². The minimum atomic E-state index is 0.798. The van der Waals surface area contributed by atoms with E-state index in [1.165, 1.54) is 27.7 Å². The minimum Gasteiger partial charge on any atom is -0.457 e. The maximum absolute atomic E-state index is 6.39. The molecule has 0 saturated carbocycles. The van der Waals surface area contributed by atoms with Crippen LogP contribution in [0.15, 0.2) is 97.2 Å². The van der Waals surface area contributed by atoms with Gasteiger partial charge in [0.2, 0.25) is 0 Å². The van der Waals surface area contributed by atoms with Gasteiger partial charge in [0, 0.05) is 41.5 Å². The number of imidazole rings is 1. The van der Waals surface area contributed by atoms with Crippen molar-refractivity contribution in [3.05, 3.63) is 103 Å². The number of anilines is 3. The molecule has 1 aliphatic heterocycles. The molecule has 6 aromatic rings. The average Bonchev–Trinajstić information content (AvgIpc) is 3.45. The van der Waals surface area contributed by atoms with Crippen molar-refractivity contribution in [3.63, 3.8) is 0 Å². The van der Waals surface area contributed by atoms with Gasteiger partial charge in [-0.05, 0) is 60.8 Å². The molecule has 0 atom stereocenters. The Labute approximate surface area is 203 Å². The maximum Gasteiger partial charge on any atom is 0.145 e. The number of fused-ring (bicyclic) bond motifs is 7. The number of hydrogen-bond acceptors (Lipinski definition) is 4. The van der Waals surface area contributed by atoms with Crippen molar-refractivity contribution < 1.29 is 4.74 Å². The SMILES string of the molecule is Cc1cnc2c3cc(Oc4cccc(N5CN(C)c6ccccc65)c4)ccc3c3ccccc3n12. The summed E-state index contributed by atoms with van der Waals surface area (Å²) in [6.45, 7) is 2.90. The second kappa shape index (κ2) is 7.50. The summed E-state index contributed by atoms with van der Waals surface area (Å²) in [5, 5.41) is 3.47. The molecule has 4 aromatic carbocycles. The zero-order valence-corrected chi connectivity index (χ0v) is 19.6. The number of aromatic nitrogens is 2. The van der Waals surface area contributed by atoms with Crippen LogP contribution in [0.3, 0.4) is 0 Å². The predicted octanol–water partition coefficient (Wildman–Crippen LogP) is 7.29. The van der Waals surface area contributed by atoms with Crippen LogP contribution in [0.2, 0.25) is 0 Å². The van der Waals surface area contributed by atoms with Gasteiger partial charge in [-0.2, -0.15) is 0 Å². The van der Waals surface area contributed by atoms with Gasteiger partial charge >= 0.3 is 0 Å². The quantitative estimate of drug-likeness (QED) is 0.262. The summed E-state index contributed by atoms with van der Waals surface area (Å²) in [6, 6.07) is 31.6. The highest BCUT2D eigenvalue weighted by atomic mass is 16.5. The summed E-state index contributed by atoms with van der Waals surface area (Å²) in [5.74, 6) is 1.61. The van der Waals surface area contributed by atoms with Crippen LogP contribution >= 0.6 is 0 Å². The molecule has 35 heavy (non-hydrogen) atoms. The van der Waals surface area contributed by atoms with E-state index in [-0.39, 0.29) is 0 Å². The lowest BCUT2D eigenvalue weighted by Crippen LogP contribution is -2.23. The molecule has 0 fully saturated rings. The lowest BCUT2D eigenvalue weighted by molar-refractivity contribution is 0.483. The lowest BCUT2D eigenvalue weighted by atomic mass is 10.1. The van der Waals surface area contributed by atoms with Gasteiger partial charge in [0.15, 0.2) is 0 Å². The Morgan fingerprint density at radius 1 is 0.743 bits per heavy atom. The second-order valence-electron chi connectivity index (χ2n) is 9.14. The average molecular weight is 457 g/mol. The highest BCUT2D eigenvalue weighted by molar-refractivity contribution is 6.12. The van der Waals surface area contributed by atoms with Crippen molar-refractivity contribution in [2.75, 3.05) is 23.5 Å². The summed E-state index contributed by atoms with van der Waals surface area (Å²) in [4.78, 5) is 9.30. The number of para-hydroxylation sites is 3. The number of nitrogens with zero attached hydrogens (tertiary/aromatic N) is 4. The fraction of sp³-hybridized carbons (Fsp3) is 0.100. The Bertz CT molecular complexity index is 1750. The molecule has 1 aliphatic rings. The molecule has 0 saturated heterocycles. The number of aryl methyl sites for hydroxylation is 1. The zero-order chi connectivity index (χ0) is 23.5. The van der Waals surface area contributed by atoms with Crippen LogP contribution in [0.5, 0.6) is 11.5 Å². The van der Waals surface area contributed by atoms with Crippen molar-refractivity contribution in [2.24, 2.45) is 0 Å². The van der Waals surface area contributed by atoms with E-state index in [1.54, 1.807) is 0 Å². The summed E-state index contributed by atoms with van der Waals surface area (Å²) in [7, 11) is 2.12. The first-order valence-corrected chi connectivity index (χ1v) is 11.8. The molecule has 0 aliphatic carbocycles. The smallest absolute Gasteiger partial charge is 0.145 e. The van der Waals surface area contributed by atoms with Gasteiger partial charge in [0.25, 0.3) is 0 Å². The van der Waals surface area contributed by atoms with E-state index in [9.17, 15) is 0 Å². The molecule has 0 amide bonds. The third kappa shape index (κ3) is 3.05. The molecule has 170 valence electrons. The first-order chi connectivity index (χ1) is 17.2. The highest BCUT2D eigenvalue weighted by Gasteiger charge is 2.24. The molecule has 5 nitrogen and oxygen atoms in total. The van der Waals surface area contributed by atoms with Crippen molar-refractivity contribution in [3.8, 4) is 11.5 Å². The highest BCUT2D eigenvalue weighted by Crippen LogP contribution is 2.41. The topological polar surface area (TPSA) is 33.0 Å². The van der Waals surface area contributed by atoms with E-state index < -0.39 is 0 Å². The summed E-state index contributed by atoms with van der Waals surface area (Å²) >= 11 is 0. The molecule has 0 unspecified atom stereocenters. The van der Waals surface area contributed by atoms with Crippen LogP contribution in [-0.2, 0) is 0 Å². The largest absolute Gasteiger partial charge is 0.457 e. The third-order valence-corrected chi connectivity index (χ3v) is 6.91. The van der Waals surface area contributed by atoms with Crippen molar-refractivity contribution in [1.82, 2.24) is 9.38 Å². The van der Waals surface area contributed by atoms with Crippen molar-refractivity contribution in [1.29, 1.82) is 0 Å². The molecule has 0 radical (unpaired) electrons. The van der Waals surface area contributed by atoms with Gasteiger partial charge in [-0.25, -0.2) is 4.98 Å². The van der Waals surface area contributed by atoms with Crippen LogP contribution in [0, 0.1) is 6.92 Å². The van der Waals surface area contributed by atoms with Crippen LogP contribution < -0.4 is 14.5 Å². The number of pyridine rings is 1. The van der Waals surface area contributed by atoms with E-state index in [4.69, 9.17) is 9.72 Å². The van der Waals surface area contributed by atoms with Gasteiger partial charge in [-0.15, -0.1) is 0 Å². The van der Waals surface area contributed by atoms with E-state index in [0.717, 1.165) is 40.6 Å². The van der Waals surface area contributed by atoms with Gasteiger partial charge in [-0.3, -0.25) is 4.40 Å². The maximum atomic E-state index is 6.39. The van der Waals surface area contributed by atoms with Crippen LogP contribution in [-0.4, -0.2) is 23.1 Å². The fourth-order valence-corrected chi connectivity index (χ4v) is 5.29. The van der Waals surface area contributed by atoms with E-state index in [1.807, 2.05) is 18.3 Å². The Morgan fingerprint density at radius 2 is 1.54 bits per heavy atom. The number of benzene rings is 4. The van der Waals surface area contributed by atoms with Crippen LogP contribution in [0.4, 0.5) is 17.1 Å². The standard InChI is InChI=1S/C30H24N4O/c1-20-18-31-30-26-17-23(14-15-24(26)25-10-3-4-11-27(25)34(20)30)35-22-9-7-8-21(16-22)33-19-32(2)28-12-5-6-13-29(28)33/h3-18H,19H2,1-2H3. The fourth-order valence-electron chi connectivity index (χ4n) is 5.29. The predicted molar refractivity (Wildman–Crippen MR) is 143 cm³/mol. The molecule has 3 heterocycles. The number of ether oxygens (including phenoxy) is 1. The molecule has 7 rings (SSSR count). The Morgan fingerprint density at radius 3 is 2.46 bits per heavy atom. The molecule has 5 heteroatoms. The summed E-state index contributed by atoms with van der Waals surface area (Å²) < 4.78 is 8.62. The normalized spacial score (nSPS) is 13.2. The molecule has 2 aromatic heterocycles. The molecule has 0 bridgehead atoms. The van der Waals surface area contributed by atoms with E-state index in [0.29, 0.717) is 0 Å². The first kappa shape index (κ1) is 19.9. The van der Waals surface area contributed by atoms with Crippen molar-refractivity contribution >= 4 is 44.4 Å². The second-order valence-corrected chi connectivity index (χ2v) is 9.14. The third-order valence-electron chi connectivity index (χ3n) is 6.91. The molecule has 0 spiro atoms. The van der Waals surface area contributed by atoms with E-state index >= 15 is 0 Å².